The van der Waals surface area contributed by atoms with E-state index in [1.165, 1.54) is 24.9 Å². The minimum atomic E-state index is -3.69. The number of nitrogens with zero attached hydrogens (tertiary/aromatic N) is 1. The quantitative estimate of drug-likeness (QED) is 0.826. The number of nitrogens with one attached hydrogen (secondary N) is 1. The van der Waals surface area contributed by atoms with Crippen LogP contribution in [0.1, 0.15) is 17.4 Å². The predicted octanol–water partition coefficient (Wildman–Crippen LogP) is 0.763. The number of rotatable bonds is 4. The zero-order valence-electron chi connectivity index (χ0n) is 9.65. The summed E-state index contributed by atoms with van der Waals surface area (Å²) in [5, 5.41) is -0.139. The summed E-state index contributed by atoms with van der Waals surface area (Å²) >= 11 is 5.88. The summed E-state index contributed by atoms with van der Waals surface area (Å²) in [6, 6.07) is 0. The molecule has 0 atom stereocenters. The van der Waals surface area contributed by atoms with E-state index in [2.05, 4.69) is 4.72 Å². The molecule has 0 amide bonds. The molecule has 1 aromatic heterocycles. The molecule has 1 aromatic rings. The highest BCUT2D eigenvalue weighted by molar-refractivity contribution is 7.89. The van der Waals surface area contributed by atoms with E-state index in [-0.39, 0.29) is 22.2 Å². The Morgan fingerprint density at radius 3 is 2.65 bits per heavy atom. The van der Waals surface area contributed by atoms with Gasteiger partial charge in [-0.2, -0.15) is 0 Å². The Morgan fingerprint density at radius 2 is 2.18 bits per heavy atom. The van der Waals surface area contributed by atoms with Crippen LogP contribution in [0.5, 0.6) is 0 Å². The van der Waals surface area contributed by atoms with E-state index in [0.29, 0.717) is 0 Å². The Morgan fingerprint density at radius 1 is 1.59 bits per heavy atom. The van der Waals surface area contributed by atoms with Gasteiger partial charge in [0.15, 0.2) is 0 Å². The highest BCUT2D eigenvalue weighted by atomic mass is 35.5. The summed E-state index contributed by atoms with van der Waals surface area (Å²) < 4.78 is 31.5. The molecule has 17 heavy (non-hydrogen) atoms. The van der Waals surface area contributed by atoms with Gasteiger partial charge in [-0.15, -0.1) is 0 Å². The highest BCUT2D eigenvalue weighted by Gasteiger charge is 2.26. The fourth-order valence-electron chi connectivity index (χ4n) is 1.30. The van der Waals surface area contributed by atoms with Crippen molar-refractivity contribution in [1.29, 1.82) is 0 Å². The second-order valence-electron chi connectivity index (χ2n) is 3.19. The first-order valence-electron chi connectivity index (χ1n) is 4.80. The van der Waals surface area contributed by atoms with Crippen molar-refractivity contribution >= 4 is 27.6 Å². The normalized spacial score (nSPS) is 11.5. The van der Waals surface area contributed by atoms with Crippen LogP contribution in [-0.2, 0) is 21.8 Å². The van der Waals surface area contributed by atoms with Gasteiger partial charge in [-0.05, 0) is 14.0 Å². The molecule has 0 aliphatic rings. The third kappa shape index (κ3) is 2.62. The Labute approximate surface area is 105 Å². The average molecular weight is 281 g/mol. The first kappa shape index (κ1) is 14.0. The third-order valence-electron chi connectivity index (χ3n) is 2.11. The molecule has 0 fully saturated rings. The molecule has 1 N–H and O–H groups in total. The molecule has 0 bridgehead atoms. The molecule has 0 aliphatic carbocycles. The number of halogens is 1. The largest absolute Gasteiger partial charge is 0.461 e. The number of hydrogen-bond acceptors (Lipinski definition) is 4. The van der Waals surface area contributed by atoms with Crippen LogP contribution in [0.25, 0.3) is 0 Å². The van der Waals surface area contributed by atoms with E-state index >= 15 is 0 Å². The standard InChI is InChI=1S/C9H13ClN2O4S/c1-4-16-9(13)8-7(10)6(5-12(8)3)17(14,15)11-2/h5,11H,4H2,1-3H3. The van der Waals surface area contributed by atoms with Crippen molar-refractivity contribution in [3.05, 3.63) is 16.9 Å². The van der Waals surface area contributed by atoms with Crippen molar-refractivity contribution < 1.29 is 17.9 Å². The number of esters is 1. The molecule has 0 saturated carbocycles. The maximum atomic E-state index is 11.6. The van der Waals surface area contributed by atoms with Crippen molar-refractivity contribution in [3.63, 3.8) is 0 Å². The first-order valence-corrected chi connectivity index (χ1v) is 6.66. The molecular formula is C9H13ClN2O4S. The third-order valence-corrected chi connectivity index (χ3v) is 4.04. The SMILES string of the molecule is CCOC(=O)c1c(Cl)c(S(=O)(=O)NC)cn1C. The lowest BCUT2D eigenvalue weighted by atomic mass is 10.4. The molecule has 1 heterocycles. The Hall–Kier alpha value is -1.05. The predicted molar refractivity (Wildman–Crippen MR) is 62.6 cm³/mol. The number of aromatic nitrogens is 1. The maximum Gasteiger partial charge on any atom is 0.356 e. The van der Waals surface area contributed by atoms with Gasteiger partial charge < -0.3 is 9.30 Å². The smallest absolute Gasteiger partial charge is 0.356 e. The molecule has 0 aromatic carbocycles. The first-order chi connectivity index (χ1) is 7.85. The van der Waals surface area contributed by atoms with E-state index in [1.807, 2.05) is 0 Å². The van der Waals surface area contributed by atoms with Crippen LogP contribution < -0.4 is 4.72 Å². The molecule has 0 saturated heterocycles. The lowest BCUT2D eigenvalue weighted by molar-refractivity contribution is 0.0515. The van der Waals surface area contributed by atoms with Crippen LogP contribution in [0.2, 0.25) is 5.02 Å². The number of hydrogen-bond donors (Lipinski definition) is 1. The minimum absolute atomic E-state index is 0.0161. The lowest BCUT2D eigenvalue weighted by Crippen LogP contribution is -2.18. The van der Waals surface area contributed by atoms with E-state index in [1.54, 1.807) is 6.92 Å². The number of aryl methyl sites for hydroxylation is 1. The molecule has 0 spiro atoms. The van der Waals surface area contributed by atoms with Gasteiger partial charge in [0, 0.05) is 13.2 Å². The van der Waals surface area contributed by atoms with Gasteiger partial charge in [0.2, 0.25) is 10.0 Å². The maximum absolute atomic E-state index is 11.6. The van der Waals surface area contributed by atoms with Crippen molar-refractivity contribution in [2.24, 2.45) is 7.05 Å². The molecule has 0 aliphatic heterocycles. The number of carbonyl (C=O) groups is 1. The van der Waals surface area contributed by atoms with E-state index in [4.69, 9.17) is 16.3 Å². The zero-order chi connectivity index (χ0) is 13.2. The average Bonchev–Trinajstić information content (AvgIpc) is 2.55. The van der Waals surface area contributed by atoms with E-state index < -0.39 is 16.0 Å². The van der Waals surface area contributed by atoms with Gasteiger partial charge in [-0.1, -0.05) is 11.6 Å². The molecule has 0 radical (unpaired) electrons. The summed E-state index contributed by atoms with van der Waals surface area (Å²) in [5.41, 5.74) is 0.0161. The summed E-state index contributed by atoms with van der Waals surface area (Å²) in [6.45, 7) is 1.84. The fourth-order valence-corrected chi connectivity index (χ4v) is 2.71. The molecule has 96 valence electrons. The monoisotopic (exact) mass is 280 g/mol. The van der Waals surface area contributed by atoms with Crippen molar-refractivity contribution in [3.8, 4) is 0 Å². The van der Waals surface area contributed by atoms with Crippen molar-refractivity contribution in [2.75, 3.05) is 13.7 Å². The Balaban J connectivity index is 3.34. The lowest BCUT2D eigenvalue weighted by Gasteiger charge is -2.03. The second kappa shape index (κ2) is 5.07. The summed E-state index contributed by atoms with van der Waals surface area (Å²) in [5.74, 6) is -0.655. The van der Waals surface area contributed by atoms with Crippen LogP contribution in [-0.4, -0.2) is 32.6 Å². The van der Waals surface area contributed by atoms with Gasteiger partial charge in [-0.25, -0.2) is 17.9 Å². The van der Waals surface area contributed by atoms with Gasteiger partial charge >= 0.3 is 5.97 Å². The number of ether oxygens (including phenoxy) is 1. The number of sulfonamides is 1. The molecular weight excluding hydrogens is 268 g/mol. The van der Waals surface area contributed by atoms with Gasteiger partial charge in [0.1, 0.15) is 10.6 Å². The number of carbonyl (C=O) groups excluding carboxylic acids is 1. The summed E-state index contributed by atoms with van der Waals surface area (Å²) in [4.78, 5) is 11.4. The van der Waals surface area contributed by atoms with Crippen LogP contribution in [0.3, 0.4) is 0 Å². The van der Waals surface area contributed by atoms with Crippen LogP contribution >= 0.6 is 11.6 Å². The molecule has 0 unspecified atom stereocenters. The Kier molecular flexibility index (Phi) is 4.18. The summed E-state index contributed by atoms with van der Waals surface area (Å²) in [7, 11) is -0.902. The van der Waals surface area contributed by atoms with Crippen molar-refractivity contribution in [2.45, 2.75) is 11.8 Å². The van der Waals surface area contributed by atoms with Gasteiger partial charge in [0.25, 0.3) is 0 Å². The minimum Gasteiger partial charge on any atom is -0.461 e. The molecule has 1 rings (SSSR count). The highest BCUT2D eigenvalue weighted by Crippen LogP contribution is 2.27. The molecule has 6 nitrogen and oxygen atoms in total. The van der Waals surface area contributed by atoms with Crippen LogP contribution in [0.15, 0.2) is 11.1 Å². The molecule has 8 heteroatoms. The topological polar surface area (TPSA) is 77.4 Å². The van der Waals surface area contributed by atoms with Crippen LogP contribution in [0, 0.1) is 0 Å². The Bertz CT molecular complexity index is 535. The second-order valence-corrected chi connectivity index (χ2v) is 5.43. The van der Waals surface area contributed by atoms with Gasteiger partial charge in [0.05, 0.1) is 11.6 Å². The zero-order valence-corrected chi connectivity index (χ0v) is 11.2. The van der Waals surface area contributed by atoms with E-state index in [0.717, 1.165) is 0 Å². The van der Waals surface area contributed by atoms with Gasteiger partial charge in [-0.3, -0.25) is 0 Å². The van der Waals surface area contributed by atoms with Crippen molar-refractivity contribution in [1.82, 2.24) is 9.29 Å². The van der Waals surface area contributed by atoms with Crippen LogP contribution in [0.4, 0.5) is 0 Å². The fraction of sp³-hybridized carbons (Fsp3) is 0.444. The van der Waals surface area contributed by atoms with E-state index in [9.17, 15) is 13.2 Å². The summed E-state index contributed by atoms with van der Waals surface area (Å²) in [6.07, 6.45) is 1.26.